The van der Waals surface area contributed by atoms with E-state index in [4.69, 9.17) is 0 Å². The SMILES string of the molecule is Cl.N#CC1(c2ccccc2)CCC2(CC1)NCCS2. The number of thioether (sulfide) groups is 1. The molecule has 0 bridgehead atoms. The highest BCUT2D eigenvalue weighted by molar-refractivity contribution is 8.00. The molecule has 2 fully saturated rings. The first kappa shape index (κ1) is 14.7. The molecular formula is C15H19ClN2S. The Morgan fingerprint density at radius 1 is 1.11 bits per heavy atom. The number of nitriles is 1. The standard InChI is InChI=1S/C15H18N2S.ClH/c16-12-14(13-4-2-1-3-5-13)6-8-15(9-7-14)17-10-11-18-15;/h1-5,17H,6-11H2;1H. The fraction of sp³-hybridized carbons (Fsp3) is 0.533. The molecule has 2 nitrogen and oxygen atoms in total. The summed E-state index contributed by atoms with van der Waals surface area (Å²) in [4.78, 5) is 0.273. The third-order valence-corrected chi connectivity index (χ3v) is 5.89. The molecule has 1 aliphatic heterocycles. The molecule has 0 unspecified atom stereocenters. The monoisotopic (exact) mass is 294 g/mol. The normalized spacial score (nSPS) is 33.6. The van der Waals surface area contributed by atoms with Crippen molar-refractivity contribution in [1.82, 2.24) is 5.32 Å². The predicted octanol–water partition coefficient (Wildman–Crippen LogP) is 3.48. The van der Waals surface area contributed by atoms with Crippen LogP contribution < -0.4 is 5.32 Å². The molecule has 1 saturated heterocycles. The van der Waals surface area contributed by atoms with Crippen molar-refractivity contribution < 1.29 is 0 Å². The van der Waals surface area contributed by atoms with Crippen molar-refractivity contribution in [3.63, 3.8) is 0 Å². The Hall–Kier alpha value is -0.690. The lowest BCUT2D eigenvalue weighted by atomic mass is 9.69. The molecule has 2 aliphatic rings. The summed E-state index contributed by atoms with van der Waals surface area (Å²) >= 11 is 2.05. The van der Waals surface area contributed by atoms with E-state index in [2.05, 4.69) is 35.3 Å². The minimum atomic E-state index is -0.253. The van der Waals surface area contributed by atoms with Crippen LogP contribution in [0.25, 0.3) is 0 Å². The van der Waals surface area contributed by atoms with Gasteiger partial charge in [-0.1, -0.05) is 30.3 Å². The van der Waals surface area contributed by atoms with Gasteiger partial charge in [0, 0.05) is 12.3 Å². The molecule has 0 aromatic heterocycles. The van der Waals surface area contributed by atoms with E-state index in [0.717, 1.165) is 32.2 Å². The molecule has 1 aromatic carbocycles. The fourth-order valence-electron chi connectivity index (χ4n) is 3.20. The Kier molecular flexibility index (Phi) is 4.45. The Morgan fingerprint density at radius 3 is 2.32 bits per heavy atom. The van der Waals surface area contributed by atoms with Gasteiger partial charge in [-0.2, -0.15) is 5.26 Å². The van der Waals surface area contributed by atoms with E-state index in [0.29, 0.717) is 0 Å². The Morgan fingerprint density at radius 2 is 1.79 bits per heavy atom. The average molecular weight is 295 g/mol. The van der Waals surface area contributed by atoms with Gasteiger partial charge in [0.1, 0.15) is 0 Å². The van der Waals surface area contributed by atoms with Crippen LogP contribution >= 0.6 is 24.2 Å². The molecule has 0 radical (unpaired) electrons. The highest BCUT2D eigenvalue weighted by Crippen LogP contribution is 2.48. The van der Waals surface area contributed by atoms with E-state index in [1.807, 2.05) is 18.2 Å². The molecule has 3 rings (SSSR count). The zero-order valence-corrected chi connectivity index (χ0v) is 12.5. The number of nitrogens with zero attached hydrogens (tertiary/aromatic N) is 1. The Balaban J connectivity index is 0.00000133. The molecule has 1 heterocycles. The molecule has 102 valence electrons. The van der Waals surface area contributed by atoms with Gasteiger partial charge < -0.3 is 5.32 Å². The first-order chi connectivity index (χ1) is 8.79. The van der Waals surface area contributed by atoms with Crippen molar-refractivity contribution >= 4 is 24.2 Å². The van der Waals surface area contributed by atoms with Crippen LogP contribution in [0, 0.1) is 11.3 Å². The van der Waals surface area contributed by atoms with Gasteiger partial charge in [-0.25, -0.2) is 0 Å². The first-order valence-electron chi connectivity index (χ1n) is 6.64. The minimum Gasteiger partial charge on any atom is -0.302 e. The summed E-state index contributed by atoms with van der Waals surface area (Å²) < 4.78 is 0. The fourth-order valence-corrected chi connectivity index (χ4v) is 4.49. The summed E-state index contributed by atoms with van der Waals surface area (Å²) in [7, 11) is 0. The summed E-state index contributed by atoms with van der Waals surface area (Å²) in [6.45, 7) is 1.12. The van der Waals surface area contributed by atoms with Crippen LogP contribution in [0.15, 0.2) is 30.3 Å². The lowest BCUT2D eigenvalue weighted by Crippen LogP contribution is -2.45. The van der Waals surface area contributed by atoms with Gasteiger partial charge in [0.05, 0.1) is 16.4 Å². The van der Waals surface area contributed by atoms with Gasteiger partial charge in [0.2, 0.25) is 0 Å². The molecule has 19 heavy (non-hydrogen) atoms. The molecule has 1 saturated carbocycles. The molecule has 1 spiro atoms. The van der Waals surface area contributed by atoms with E-state index >= 15 is 0 Å². The van der Waals surface area contributed by atoms with Crippen molar-refractivity contribution in [2.75, 3.05) is 12.3 Å². The van der Waals surface area contributed by atoms with Gasteiger partial charge in [0.25, 0.3) is 0 Å². The topological polar surface area (TPSA) is 35.8 Å². The number of nitrogens with one attached hydrogen (secondary N) is 1. The molecule has 0 atom stereocenters. The van der Waals surface area contributed by atoms with E-state index in [1.165, 1.54) is 11.3 Å². The van der Waals surface area contributed by atoms with Gasteiger partial charge in [-0.15, -0.1) is 24.2 Å². The molecule has 1 aromatic rings. The summed E-state index contributed by atoms with van der Waals surface area (Å²) in [5.74, 6) is 1.21. The number of hydrogen-bond acceptors (Lipinski definition) is 3. The Labute approximate surface area is 125 Å². The van der Waals surface area contributed by atoms with Crippen LogP contribution in [0.3, 0.4) is 0 Å². The molecule has 1 N–H and O–H groups in total. The zero-order valence-electron chi connectivity index (χ0n) is 10.9. The maximum absolute atomic E-state index is 9.65. The summed E-state index contributed by atoms with van der Waals surface area (Å²) in [6, 6.07) is 12.9. The number of halogens is 1. The maximum Gasteiger partial charge on any atom is 0.0824 e. The van der Waals surface area contributed by atoms with Crippen LogP contribution in [0.2, 0.25) is 0 Å². The number of hydrogen-bond donors (Lipinski definition) is 1. The third-order valence-electron chi connectivity index (χ3n) is 4.38. The molecule has 0 amide bonds. The second-order valence-electron chi connectivity index (χ2n) is 5.33. The predicted molar refractivity (Wildman–Crippen MR) is 82.6 cm³/mol. The quantitative estimate of drug-likeness (QED) is 0.861. The lowest BCUT2D eigenvalue weighted by molar-refractivity contribution is 0.281. The average Bonchev–Trinajstić information content (AvgIpc) is 2.90. The second-order valence-corrected chi connectivity index (χ2v) is 6.81. The smallest absolute Gasteiger partial charge is 0.0824 e. The molecular weight excluding hydrogens is 276 g/mol. The second kappa shape index (κ2) is 5.75. The van der Waals surface area contributed by atoms with Crippen molar-refractivity contribution in [2.45, 2.75) is 36.0 Å². The first-order valence-corrected chi connectivity index (χ1v) is 7.63. The minimum absolute atomic E-state index is 0. The van der Waals surface area contributed by atoms with Crippen LogP contribution in [-0.2, 0) is 5.41 Å². The lowest BCUT2D eigenvalue weighted by Gasteiger charge is -2.41. The summed E-state index contributed by atoms with van der Waals surface area (Å²) in [5, 5.41) is 13.3. The van der Waals surface area contributed by atoms with Gasteiger partial charge in [-0.3, -0.25) is 0 Å². The van der Waals surface area contributed by atoms with Crippen LogP contribution in [0.5, 0.6) is 0 Å². The summed E-state index contributed by atoms with van der Waals surface area (Å²) in [6.07, 6.45) is 4.18. The Bertz CT molecular complexity index is 453. The van der Waals surface area contributed by atoms with E-state index in [-0.39, 0.29) is 22.7 Å². The number of benzene rings is 1. The van der Waals surface area contributed by atoms with Crippen LogP contribution in [-0.4, -0.2) is 17.2 Å². The largest absolute Gasteiger partial charge is 0.302 e. The van der Waals surface area contributed by atoms with E-state index in [9.17, 15) is 5.26 Å². The maximum atomic E-state index is 9.65. The molecule has 4 heteroatoms. The third kappa shape index (κ3) is 2.63. The van der Waals surface area contributed by atoms with Gasteiger partial charge in [0.15, 0.2) is 0 Å². The van der Waals surface area contributed by atoms with Crippen LogP contribution in [0.4, 0.5) is 0 Å². The van der Waals surface area contributed by atoms with Crippen molar-refractivity contribution in [1.29, 1.82) is 5.26 Å². The number of rotatable bonds is 1. The van der Waals surface area contributed by atoms with Gasteiger partial charge in [-0.05, 0) is 31.2 Å². The van der Waals surface area contributed by atoms with Crippen LogP contribution in [0.1, 0.15) is 31.2 Å². The molecule has 1 aliphatic carbocycles. The van der Waals surface area contributed by atoms with Crippen molar-refractivity contribution in [3.05, 3.63) is 35.9 Å². The van der Waals surface area contributed by atoms with E-state index in [1.54, 1.807) is 0 Å². The zero-order chi connectivity index (χ0) is 12.5. The van der Waals surface area contributed by atoms with E-state index < -0.39 is 0 Å². The van der Waals surface area contributed by atoms with Crippen molar-refractivity contribution in [3.8, 4) is 6.07 Å². The summed E-state index contributed by atoms with van der Waals surface area (Å²) in [5.41, 5.74) is 0.947. The van der Waals surface area contributed by atoms with Crippen molar-refractivity contribution in [2.24, 2.45) is 0 Å². The highest BCUT2D eigenvalue weighted by atomic mass is 35.5. The highest BCUT2D eigenvalue weighted by Gasteiger charge is 2.45. The van der Waals surface area contributed by atoms with Gasteiger partial charge >= 0.3 is 0 Å².